The van der Waals surface area contributed by atoms with Crippen LogP contribution in [0.2, 0.25) is 0 Å². The molecule has 0 aliphatic rings. The fraction of sp³-hybridized carbons (Fsp3) is 0.100. The number of benzene rings is 2. The van der Waals surface area contributed by atoms with Gasteiger partial charge in [0.2, 0.25) is 10.0 Å². The molecule has 0 spiro atoms. The van der Waals surface area contributed by atoms with Crippen molar-refractivity contribution in [3.05, 3.63) is 48.8 Å². The number of terminal acetylenes is 2. The van der Waals surface area contributed by atoms with Gasteiger partial charge >= 0.3 is 0 Å². The van der Waals surface area contributed by atoms with Crippen molar-refractivity contribution in [2.45, 2.75) is 4.90 Å². The number of aromatic nitrogens is 4. The quantitative estimate of drug-likeness (QED) is 0.530. The highest BCUT2D eigenvalue weighted by atomic mass is 32.2. The molecular formula is C20H15N5O2S. The van der Waals surface area contributed by atoms with Crippen LogP contribution in [0.5, 0.6) is 0 Å². The lowest BCUT2D eigenvalue weighted by molar-refractivity contribution is 0.482. The molecule has 4 aromatic rings. The number of sulfonamides is 1. The van der Waals surface area contributed by atoms with Crippen molar-refractivity contribution >= 4 is 31.8 Å². The summed E-state index contributed by atoms with van der Waals surface area (Å²) in [5, 5.41) is 13.4. The molecule has 0 unspecified atom stereocenters. The van der Waals surface area contributed by atoms with Crippen LogP contribution in [0, 0.1) is 24.7 Å². The minimum Gasteiger partial charge on any atom is -0.278 e. The van der Waals surface area contributed by atoms with E-state index in [2.05, 4.69) is 27.1 Å². The molecule has 0 amide bonds. The Morgan fingerprint density at radius 1 is 1.04 bits per heavy atom. The summed E-state index contributed by atoms with van der Waals surface area (Å²) in [4.78, 5) is 0.117. The normalized spacial score (nSPS) is 11.7. The van der Waals surface area contributed by atoms with Crippen LogP contribution in [-0.4, -0.2) is 45.8 Å². The summed E-state index contributed by atoms with van der Waals surface area (Å²) >= 11 is 0. The van der Waals surface area contributed by atoms with E-state index in [0.29, 0.717) is 0 Å². The van der Waals surface area contributed by atoms with Crippen molar-refractivity contribution in [1.29, 1.82) is 0 Å². The number of nitrogens with zero attached hydrogens (tertiary/aromatic N) is 4. The van der Waals surface area contributed by atoms with E-state index in [0.717, 1.165) is 31.8 Å². The molecule has 28 heavy (non-hydrogen) atoms. The Morgan fingerprint density at radius 3 is 2.43 bits per heavy atom. The van der Waals surface area contributed by atoms with E-state index in [1.54, 1.807) is 29.2 Å². The van der Waals surface area contributed by atoms with Crippen LogP contribution in [0.25, 0.3) is 27.5 Å². The SMILES string of the molecule is C#CCN(CC#C)S(=O)(=O)c1ccc(-n2ncc3ccc4[nH]ncc4c32)cc1. The average molecular weight is 389 g/mol. The Hall–Kier alpha value is -3.59. The summed E-state index contributed by atoms with van der Waals surface area (Å²) in [5.74, 6) is 4.65. The lowest BCUT2D eigenvalue weighted by atomic mass is 10.2. The van der Waals surface area contributed by atoms with Crippen molar-refractivity contribution in [2.24, 2.45) is 0 Å². The van der Waals surface area contributed by atoms with Crippen LogP contribution in [-0.2, 0) is 10.0 Å². The third kappa shape index (κ3) is 2.81. The lowest BCUT2D eigenvalue weighted by Gasteiger charge is -2.17. The van der Waals surface area contributed by atoms with Gasteiger partial charge in [-0.15, -0.1) is 12.8 Å². The Morgan fingerprint density at radius 2 is 1.75 bits per heavy atom. The van der Waals surface area contributed by atoms with Gasteiger partial charge in [0.25, 0.3) is 0 Å². The van der Waals surface area contributed by atoms with Crippen molar-refractivity contribution < 1.29 is 8.42 Å². The predicted octanol–water partition coefficient (Wildman–Crippen LogP) is 2.16. The maximum Gasteiger partial charge on any atom is 0.244 e. The van der Waals surface area contributed by atoms with Crippen LogP contribution < -0.4 is 0 Å². The van der Waals surface area contributed by atoms with E-state index < -0.39 is 10.0 Å². The molecule has 0 fully saturated rings. The smallest absolute Gasteiger partial charge is 0.244 e. The third-order valence-electron chi connectivity index (χ3n) is 4.41. The van der Waals surface area contributed by atoms with Crippen molar-refractivity contribution in [3.8, 4) is 30.4 Å². The predicted molar refractivity (Wildman–Crippen MR) is 107 cm³/mol. The Kier molecular flexibility index (Phi) is 4.36. The minimum atomic E-state index is -3.78. The first-order valence-corrected chi connectivity index (χ1v) is 9.77. The second-order valence-corrected chi connectivity index (χ2v) is 8.00. The van der Waals surface area contributed by atoms with Crippen LogP contribution in [0.15, 0.2) is 53.7 Å². The van der Waals surface area contributed by atoms with Gasteiger partial charge in [0.1, 0.15) is 0 Å². The number of H-pyrrole nitrogens is 1. The monoisotopic (exact) mass is 389 g/mol. The van der Waals surface area contributed by atoms with Gasteiger partial charge in [-0.3, -0.25) is 5.10 Å². The third-order valence-corrected chi connectivity index (χ3v) is 6.21. The molecule has 138 valence electrons. The molecule has 0 radical (unpaired) electrons. The molecule has 0 atom stereocenters. The van der Waals surface area contributed by atoms with Crippen LogP contribution in [0.4, 0.5) is 0 Å². The molecule has 2 heterocycles. The molecule has 7 nitrogen and oxygen atoms in total. The fourth-order valence-electron chi connectivity index (χ4n) is 3.07. The highest BCUT2D eigenvalue weighted by Crippen LogP contribution is 2.27. The van der Waals surface area contributed by atoms with Gasteiger partial charge in [0.05, 0.1) is 47.1 Å². The van der Waals surface area contributed by atoms with Gasteiger partial charge in [0, 0.05) is 10.8 Å². The van der Waals surface area contributed by atoms with E-state index in [4.69, 9.17) is 12.8 Å². The first-order valence-electron chi connectivity index (χ1n) is 8.33. The van der Waals surface area contributed by atoms with Gasteiger partial charge in [0.15, 0.2) is 0 Å². The molecule has 8 heteroatoms. The second kappa shape index (κ2) is 6.86. The minimum absolute atomic E-state index is 0.0868. The summed E-state index contributed by atoms with van der Waals surface area (Å²) in [6, 6.07) is 10.3. The highest BCUT2D eigenvalue weighted by molar-refractivity contribution is 7.89. The van der Waals surface area contributed by atoms with Gasteiger partial charge in [-0.25, -0.2) is 13.1 Å². The molecule has 2 aromatic heterocycles. The fourth-order valence-corrected chi connectivity index (χ4v) is 4.34. The summed E-state index contributed by atoms with van der Waals surface area (Å²) in [5.41, 5.74) is 2.51. The first kappa shape index (κ1) is 17.8. The molecule has 0 aliphatic carbocycles. The summed E-state index contributed by atoms with van der Waals surface area (Å²) < 4.78 is 28.4. The molecule has 0 saturated heterocycles. The van der Waals surface area contributed by atoms with Gasteiger partial charge in [-0.2, -0.15) is 14.5 Å². The average Bonchev–Trinajstić information content (AvgIpc) is 3.34. The Balaban J connectivity index is 1.77. The van der Waals surface area contributed by atoms with Gasteiger partial charge < -0.3 is 0 Å². The maximum atomic E-state index is 12.8. The molecule has 0 saturated carbocycles. The van der Waals surface area contributed by atoms with Gasteiger partial charge in [-0.05, 0) is 36.4 Å². The zero-order valence-electron chi connectivity index (χ0n) is 14.7. The summed E-state index contributed by atoms with van der Waals surface area (Å²) in [6.45, 7) is -0.174. The highest BCUT2D eigenvalue weighted by Gasteiger charge is 2.23. The Bertz CT molecular complexity index is 1340. The largest absolute Gasteiger partial charge is 0.278 e. The number of hydrogen-bond donors (Lipinski definition) is 1. The van der Waals surface area contributed by atoms with Crippen LogP contribution >= 0.6 is 0 Å². The molecule has 0 bridgehead atoms. The van der Waals surface area contributed by atoms with Crippen molar-refractivity contribution in [2.75, 3.05) is 13.1 Å². The summed E-state index contributed by atoms with van der Waals surface area (Å²) in [6.07, 6.45) is 14.0. The van der Waals surface area contributed by atoms with E-state index in [1.807, 2.05) is 12.1 Å². The molecule has 4 rings (SSSR count). The van der Waals surface area contributed by atoms with E-state index >= 15 is 0 Å². The van der Waals surface area contributed by atoms with Gasteiger partial charge in [-0.1, -0.05) is 11.8 Å². The zero-order chi connectivity index (χ0) is 19.7. The molecular weight excluding hydrogens is 374 g/mol. The van der Waals surface area contributed by atoms with E-state index in [-0.39, 0.29) is 18.0 Å². The lowest BCUT2D eigenvalue weighted by Crippen LogP contribution is -2.31. The molecule has 0 aliphatic heterocycles. The number of nitrogens with one attached hydrogen (secondary N) is 1. The van der Waals surface area contributed by atoms with Crippen molar-refractivity contribution in [3.63, 3.8) is 0 Å². The van der Waals surface area contributed by atoms with E-state index in [9.17, 15) is 8.42 Å². The second-order valence-electron chi connectivity index (χ2n) is 6.07. The first-order chi connectivity index (χ1) is 13.6. The summed E-state index contributed by atoms with van der Waals surface area (Å²) in [7, 11) is -3.78. The number of fused-ring (bicyclic) bond motifs is 3. The number of aromatic amines is 1. The van der Waals surface area contributed by atoms with Crippen molar-refractivity contribution in [1.82, 2.24) is 24.3 Å². The van der Waals surface area contributed by atoms with E-state index in [1.165, 1.54) is 12.1 Å². The standard InChI is InChI=1S/C20H15N5O2S/c1-3-11-24(12-4-2)28(26,27)17-8-6-16(7-9-17)25-20-15(13-22-25)5-10-19-18(20)14-21-23-19/h1-2,5-10,13-14H,11-12H2,(H,21,23). The molecule has 1 N–H and O–H groups in total. The zero-order valence-corrected chi connectivity index (χ0v) is 15.5. The van der Waals surface area contributed by atoms with Crippen LogP contribution in [0.1, 0.15) is 0 Å². The topological polar surface area (TPSA) is 83.9 Å². The number of rotatable bonds is 5. The Labute approximate surface area is 162 Å². The van der Waals surface area contributed by atoms with Crippen LogP contribution in [0.3, 0.4) is 0 Å². The molecule has 2 aromatic carbocycles. The number of hydrogen-bond acceptors (Lipinski definition) is 4. The maximum absolute atomic E-state index is 12.8.